The van der Waals surface area contributed by atoms with Crippen LogP contribution in [0, 0.1) is 12.3 Å². The zero-order valence-electron chi connectivity index (χ0n) is 15.4. The third-order valence-corrected chi connectivity index (χ3v) is 8.72. The molecular formula is C19H25F3N2O2S. The first kappa shape index (κ1) is 19.2. The van der Waals surface area contributed by atoms with E-state index in [-0.39, 0.29) is 11.3 Å². The third-order valence-electron chi connectivity index (χ3n) is 6.61. The molecule has 1 aliphatic carbocycles. The van der Waals surface area contributed by atoms with Crippen LogP contribution in [0.1, 0.15) is 54.8 Å². The van der Waals surface area contributed by atoms with Gasteiger partial charge in [-0.1, -0.05) is 0 Å². The maximum absolute atomic E-state index is 12.8. The fourth-order valence-corrected chi connectivity index (χ4v) is 7.56. The zero-order chi connectivity index (χ0) is 19.4. The third kappa shape index (κ3) is 3.75. The summed E-state index contributed by atoms with van der Waals surface area (Å²) in [6.07, 6.45) is 1.88. The van der Waals surface area contributed by atoms with Crippen molar-refractivity contribution in [2.24, 2.45) is 5.41 Å². The predicted molar refractivity (Wildman–Crippen MR) is 96.2 cm³/mol. The predicted octanol–water partition coefficient (Wildman–Crippen LogP) is 3.56. The molecule has 3 heterocycles. The van der Waals surface area contributed by atoms with Crippen molar-refractivity contribution in [1.82, 2.24) is 9.88 Å². The van der Waals surface area contributed by atoms with Gasteiger partial charge in [-0.3, -0.25) is 9.88 Å². The Morgan fingerprint density at radius 2 is 1.85 bits per heavy atom. The lowest BCUT2D eigenvalue weighted by atomic mass is 9.80. The number of likely N-dealkylation sites (tertiary alicyclic amines) is 1. The second-order valence-corrected chi connectivity index (χ2v) is 10.7. The molecule has 3 aliphatic rings. The molecule has 2 aliphatic heterocycles. The molecule has 0 atom stereocenters. The highest BCUT2D eigenvalue weighted by Crippen LogP contribution is 2.44. The standard InChI is InChI=1S/C19H25F3N2O2S/c1-13-8-17(19(20,21)22)23-9-16(13)14-2-4-15(5-3-14)24-7-6-18(10-24)11-27(25,26)12-18/h8-9,14-15H,2-7,10-12H2,1H3. The fraction of sp³-hybridized carbons (Fsp3) is 0.737. The van der Waals surface area contributed by atoms with Crippen LogP contribution in [0.15, 0.2) is 12.3 Å². The van der Waals surface area contributed by atoms with Crippen LogP contribution < -0.4 is 0 Å². The van der Waals surface area contributed by atoms with E-state index in [0.717, 1.165) is 56.8 Å². The Kier molecular flexibility index (Phi) is 4.57. The van der Waals surface area contributed by atoms with Gasteiger partial charge in [0.1, 0.15) is 5.69 Å². The molecule has 1 spiro atoms. The molecule has 27 heavy (non-hydrogen) atoms. The van der Waals surface area contributed by atoms with Crippen LogP contribution in [0.5, 0.6) is 0 Å². The van der Waals surface area contributed by atoms with Crippen LogP contribution in [-0.2, 0) is 16.0 Å². The molecule has 1 aromatic heterocycles. The summed E-state index contributed by atoms with van der Waals surface area (Å²) < 4.78 is 61.5. The van der Waals surface area contributed by atoms with Gasteiger partial charge in [-0.05, 0) is 68.7 Å². The maximum atomic E-state index is 12.8. The summed E-state index contributed by atoms with van der Waals surface area (Å²) in [6, 6.07) is 1.62. The van der Waals surface area contributed by atoms with E-state index in [9.17, 15) is 21.6 Å². The molecule has 0 radical (unpaired) electrons. The van der Waals surface area contributed by atoms with E-state index in [2.05, 4.69) is 9.88 Å². The number of alkyl halides is 3. The van der Waals surface area contributed by atoms with Crippen LogP contribution in [0.25, 0.3) is 0 Å². The van der Waals surface area contributed by atoms with Gasteiger partial charge in [-0.2, -0.15) is 13.2 Å². The Balaban J connectivity index is 1.36. The first-order chi connectivity index (χ1) is 12.6. The van der Waals surface area contributed by atoms with Gasteiger partial charge in [-0.25, -0.2) is 8.42 Å². The quantitative estimate of drug-likeness (QED) is 0.759. The van der Waals surface area contributed by atoms with Crippen molar-refractivity contribution in [3.05, 3.63) is 29.1 Å². The Hall–Kier alpha value is -1.15. The minimum atomic E-state index is -4.40. The highest BCUT2D eigenvalue weighted by molar-refractivity contribution is 7.92. The second-order valence-electron chi connectivity index (χ2n) is 8.68. The number of hydrogen-bond acceptors (Lipinski definition) is 4. The van der Waals surface area contributed by atoms with E-state index < -0.39 is 21.7 Å². The summed E-state index contributed by atoms with van der Waals surface area (Å²) >= 11 is 0. The van der Waals surface area contributed by atoms with Crippen molar-refractivity contribution in [1.29, 1.82) is 0 Å². The molecule has 2 saturated heterocycles. The SMILES string of the molecule is Cc1cc(C(F)(F)F)ncc1C1CCC(N2CCC3(C2)CS(=O)(=O)C3)CC1. The summed E-state index contributed by atoms with van der Waals surface area (Å²) in [5.41, 5.74) is 0.768. The molecular weight excluding hydrogens is 377 g/mol. The highest BCUT2D eigenvalue weighted by Gasteiger charge is 2.53. The second kappa shape index (κ2) is 6.44. The lowest BCUT2D eigenvalue weighted by Crippen LogP contribution is -2.51. The number of pyridine rings is 1. The molecule has 1 aromatic rings. The highest BCUT2D eigenvalue weighted by atomic mass is 32.2. The van der Waals surface area contributed by atoms with E-state index >= 15 is 0 Å². The number of rotatable bonds is 2. The van der Waals surface area contributed by atoms with Gasteiger partial charge in [0.05, 0.1) is 11.5 Å². The molecule has 0 aromatic carbocycles. The van der Waals surface area contributed by atoms with Crippen molar-refractivity contribution in [2.75, 3.05) is 24.6 Å². The molecule has 8 heteroatoms. The summed E-state index contributed by atoms with van der Waals surface area (Å²) in [4.78, 5) is 6.09. The smallest absolute Gasteiger partial charge is 0.300 e. The Morgan fingerprint density at radius 1 is 1.19 bits per heavy atom. The lowest BCUT2D eigenvalue weighted by Gasteiger charge is -2.40. The molecule has 4 rings (SSSR count). The summed E-state index contributed by atoms with van der Waals surface area (Å²) in [5, 5.41) is 0. The molecule has 0 N–H and O–H groups in total. The Bertz CT molecular complexity index is 818. The van der Waals surface area contributed by atoms with Gasteiger partial charge in [0.2, 0.25) is 0 Å². The van der Waals surface area contributed by atoms with Crippen molar-refractivity contribution >= 4 is 9.84 Å². The number of aryl methyl sites for hydroxylation is 1. The van der Waals surface area contributed by atoms with Crippen LogP contribution >= 0.6 is 0 Å². The minimum absolute atomic E-state index is 0.0103. The Labute approximate surface area is 158 Å². The van der Waals surface area contributed by atoms with Crippen LogP contribution in [0.2, 0.25) is 0 Å². The van der Waals surface area contributed by atoms with E-state index in [0.29, 0.717) is 23.1 Å². The monoisotopic (exact) mass is 402 g/mol. The van der Waals surface area contributed by atoms with Gasteiger partial charge in [0.25, 0.3) is 0 Å². The van der Waals surface area contributed by atoms with E-state index in [1.807, 2.05) is 0 Å². The number of nitrogens with zero attached hydrogens (tertiary/aromatic N) is 2. The van der Waals surface area contributed by atoms with Gasteiger partial charge >= 0.3 is 6.18 Å². The normalized spacial score (nSPS) is 30.4. The first-order valence-corrected chi connectivity index (χ1v) is 11.4. The van der Waals surface area contributed by atoms with Crippen molar-refractivity contribution in [3.63, 3.8) is 0 Å². The summed E-state index contributed by atoms with van der Waals surface area (Å²) in [7, 11) is -2.80. The lowest BCUT2D eigenvalue weighted by molar-refractivity contribution is -0.141. The van der Waals surface area contributed by atoms with Crippen LogP contribution in [0.4, 0.5) is 13.2 Å². The first-order valence-electron chi connectivity index (χ1n) is 9.55. The fourth-order valence-electron chi connectivity index (χ4n) is 5.31. The van der Waals surface area contributed by atoms with Crippen molar-refractivity contribution < 1.29 is 21.6 Å². The zero-order valence-corrected chi connectivity index (χ0v) is 16.2. The molecule has 0 bridgehead atoms. The number of aromatic nitrogens is 1. The summed E-state index contributed by atoms with van der Waals surface area (Å²) in [6.45, 7) is 3.58. The molecule has 150 valence electrons. The van der Waals surface area contributed by atoms with Crippen LogP contribution in [0.3, 0.4) is 0 Å². The van der Waals surface area contributed by atoms with Gasteiger partial charge in [0, 0.05) is 24.2 Å². The molecule has 4 nitrogen and oxygen atoms in total. The van der Waals surface area contributed by atoms with E-state index in [4.69, 9.17) is 0 Å². The molecule has 3 fully saturated rings. The van der Waals surface area contributed by atoms with E-state index in [1.165, 1.54) is 6.20 Å². The minimum Gasteiger partial charge on any atom is -0.300 e. The largest absolute Gasteiger partial charge is 0.433 e. The summed E-state index contributed by atoms with van der Waals surface area (Å²) in [5.74, 6) is 0.932. The van der Waals surface area contributed by atoms with E-state index in [1.54, 1.807) is 6.92 Å². The topological polar surface area (TPSA) is 50.3 Å². The average molecular weight is 402 g/mol. The van der Waals surface area contributed by atoms with Gasteiger partial charge in [0.15, 0.2) is 9.84 Å². The number of sulfone groups is 1. The van der Waals surface area contributed by atoms with Crippen molar-refractivity contribution in [3.8, 4) is 0 Å². The molecule has 0 unspecified atom stereocenters. The van der Waals surface area contributed by atoms with Gasteiger partial charge < -0.3 is 0 Å². The maximum Gasteiger partial charge on any atom is 0.433 e. The molecule has 0 amide bonds. The molecule has 1 saturated carbocycles. The van der Waals surface area contributed by atoms with Crippen LogP contribution in [-0.4, -0.2) is 48.9 Å². The average Bonchev–Trinajstić information content (AvgIpc) is 2.97. The van der Waals surface area contributed by atoms with Crippen molar-refractivity contribution in [2.45, 2.75) is 57.2 Å². The Morgan fingerprint density at radius 3 is 2.41 bits per heavy atom. The number of hydrogen-bond donors (Lipinski definition) is 0. The van der Waals surface area contributed by atoms with Gasteiger partial charge in [-0.15, -0.1) is 0 Å². The number of halogens is 3.